The number of aryl methyl sites for hydroxylation is 1. The molecule has 2 aromatic carbocycles. The zero-order chi connectivity index (χ0) is 15.4. The molecule has 0 aliphatic rings. The van der Waals surface area contributed by atoms with Gasteiger partial charge in [-0.2, -0.15) is 0 Å². The molecule has 0 unspecified atom stereocenters. The second kappa shape index (κ2) is 6.41. The fourth-order valence-electron chi connectivity index (χ4n) is 2.42. The van der Waals surface area contributed by atoms with Gasteiger partial charge in [0, 0.05) is 12.2 Å². The lowest BCUT2D eigenvalue weighted by molar-refractivity contribution is 0.288. The van der Waals surface area contributed by atoms with E-state index < -0.39 is 5.76 Å². The Hall–Kier alpha value is -2.66. The number of aliphatic hydroxyl groups excluding tert-OH is 1. The van der Waals surface area contributed by atoms with E-state index in [9.17, 15) is 4.79 Å². The summed E-state index contributed by atoms with van der Waals surface area (Å²) in [6.07, 6.45) is 1.62. The molecule has 5 heteroatoms. The number of nitrogens with one attached hydrogen (secondary N) is 1. The molecule has 2 N–H and O–H groups in total. The van der Waals surface area contributed by atoms with E-state index in [2.05, 4.69) is 14.7 Å². The molecule has 0 bridgehead atoms. The Bertz CT molecular complexity index is 803. The largest absolute Gasteiger partial charge is 0.439 e. The second-order valence-electron chi connectivity index (χ2n) is 5.01. The van der Waals surface area contributed by atoms with Crippen LogP contribution >= 0.6 is 0 Å². The molecule has 1 heterocycles. The van der Waals surface area contributed by atoms with Crippen LogP contribution in [0.2, 0.25) is 0 Å². The summed E-state index contributed by atoms with van der Waals surface area (Å²) in [5.74, 6) is -0.144. The molecule has 0 radical (unpaired) electrons. The van der Waals surface area contributed by atoms with Gasteiger partial charge in [0.05, 0.1) is 0 Å². The maximum absolute atomic E-state index is 11.2. The average molecular weight is 296 g/mol. The van der Waals surface area contributed by atoms with Gasteiger partial charge in [-0.25, -0.2) is 4.79 Å². The molecule has 0 saturated carbocycles. The molecule has 3 rings (SSSR count). The summed E-state index contributed by atoms with van der Waals surface area (Å²) in [4.78, 5) is 13.7. The van der Waals surface area contributed by atoms with Gasteiger partial charge >= 0.3 is 5.76 Å². The normalized spacial score (nSPS) is 10.8. The molecule has 0 saturated heterocycles. The van der Waals surface area contributed by atoms with E-state index >= 15 is 0 Å². The van der Waals surface area contributed by atoms with E-state index in [-0.39, 0.29) is 6.61 Å². The Kier molecular flexibility index (Phi) is 4.16. The highest BCUT2D eigenvalue weighted by Gasteiger charge is 2.10. The third-order valence-electron chi connectivity index (χ3n) is 3.51. The van der Waals surface area contributed by atoms with Gasteiger partial charge < -0.3 is 5.11 Å². The molecule has 1 aromatic heterocycles. The first-order chi connectivity index (χ1) is 10.8. The third kappa shape index (κ3) is 2.99. The smallest absolute Gasteiger partial charge is 0.396 e. The monoisotopic (exact) mass is 296 g/mol. The average Bonchev–Trinajstić information content (AvgIpc) is 3.00. The van der Waals surface area contributed by atoms with Crippen molar-refractivity contribution in [2.45, 2.75) is 12.8 Å². The van der Waals surface area contributed by atoms with Crippen LogP contribution in [0.1, 0.15) is 12.0 Å². The molecular weight excluding hydrogens is 280 g/mol. The van der Waals surface area contributed by atoms with E-state index in [4.69, 9.17) is 5.11 Å². The van der Waals surface area contributed by atoms with Crippen molar-refractivity contribution >= 4 is 0 Å². The maximum Gasteiger partial charge on any atom is 0.439 e. The van der Waals surface area contributed by atoms with Crippen molar-refractivity contribution < 1.29 is 9.63 Å². The van der Waals surface area contributed by atoms with Gasteiger partial charge in [0.15, 0.2) is 5.82 Å². The molecule has 5 nitrogen and oxygen atoms in total. The SMILES string of the molecule is O=c1[nH]c(-c2ccccc2-c2ccc(CCCO)cc2)no1. The van der Waals surface area contributed by atoms with Crippen molar-refractivity contribution in [1.29, 1.82) is 0 Å². The van der Waals surface area contributed by atoms with Crippen molar-refractivity contribution in [3.8, 4) is 22.5 Å². The predicted molar refractivity (Wildman–Crippen MR) is 83.4 cm³/mol. The third-order valence-corrected chi connectivity index (χ3v) is 3.51. The molecule has 22 heavy (non-hydrogen) atoms. The van der Waals surface area contributed by atoms with Gasteiger partial charge in [-0.3, -0.25) is 9.51 Å². The molecule has 3 aromatic rings. The number of hydrogen-bond donors (Lipinski definition) is 2. The molecule has 0 aliphatic carbocycles. The van der Waals surface area contributed by atoms with Crippen molar-refractivity contribution in [3.63, 3.8) is 0 Å². The van der Waals surface area contributed by atoms with Crippen LogP contribution in [0.5, 0.6) is 0 Å². The Balaban J connectivity index is 1.96. The number of aliphatic hydroxyl groups is 1. The van der Waals surface area contributed by atoms with Crippen LogP contribution in [0.15, 0.2) is 57.8 Å². The Morgan fingerprint density at radius 1 is 1.05 bits per heavy atom. The minimum Gasteiger partial charge on any atom is -0.396 e. The highest BCUT2D eigenvalue weighted by Crippen LogP contribution is 2.29. The van der Waals surface area contributed by atoms with E-state index in [1.54, 1.807) is 0 Å². The first-order valence-electron chi connectivity index (χ1n) is 7.13. The Morgan fingerprint density at radius 3 is 2.41 bits per heavy atom. The maximum atomic E-state index is 11.2. The highest BCUT2D eigenvalue weighted by molar-refractivity contribution is 5.80. The van der Waals surface area contributed by atoms with E-state index in [0.717, 1.165) is 29.5 Å². The van der Waals surface area contributed by atoms with Gasteiger partial charge in [0.25, 0.3) is 0 Å². The van der Waals surface area contributed by atoms with Gasteiger partial charge in [-0.1, -0.05) is 53.7 Å². The lowest BCUT2D eigenvalue weighted by Crippen LogP contribution is -1.95. The van der Waals surface area contributed by atoms with E-state index in [1.165, 1.54) is 5.56 Å². The van der Waals surface area contributed by atoms with Crippen molar-refractivity contribution in [3.05, 3.63) is 64.6 Å². The predicted octanol–water partition coefficient (Wildman–Crippen LogP) is 2.62. The molecule has 0 atom stereocenters. The number of aromatic nitrogens is 2. The van der Waals surface area contributed by atoms with E-state index in [1.807, 2.05) is 48.5 Å². The standard InChI is InChI=1S/C17H16N2O3/c20-11-3-4-12-7-9-13(10-8-12)14-5-1-2-6-15(14)16-18-17(21)22-19-16/h1-2,5-10,20H,3-4,11H2,(H,18,19,21). The van der Waals surface area contributed by atoms with Crippen molar-refractivity contribution in [2.24, 2.45) is 0 Å². The lowest BCUT2D eigenvalue weighted by atomic mass is 9.97. The first-order valence-corrected chi connectivity index (χ1v) is 7.13. The minimum atomic E-state index is -0.566. The van der Waals surface area contributed by atoms with Gasteiger partial charge in [0.2, 0.25) is 0 Å². The summed E-state index contributed by atoms with van der Waals surface area (Å²) in [7, 11) is 0. The summed E-state index contributed by atoms with van der Waals surface area (Å²) in [6, 6.07) is 15.9. The number of benzene rings is 2. The number of nitrogens with zero attached hydrogens (tertiary/aromatic N) is 1. The lowest BCUT2D eigenvalue weighted by Gasteiger charge is -2.08. The van der Waals surface area contributed by atoms with Crippen molar-refractivity contribution in [1.82, 2.24) is 10.1 Å². The minimum absolute atomic E-state index is 0.199. The fourth-order valence-corrected chi connectivity index (χ4v) is 2.42. The van der Waals surface area contributed by atoms with Gasteiger partial charge in [0.1, 0.15) is 0 Å². The van der Waals surface area contributed by atoms with Crippen LogP contribution in [-0.2, 0) is 6.42 Å². The van der Waals surface area contributed by atoms with Crippen LogP contribution in [0.25, 0.3) is 22.5 Å². The zero-order valence-electron chi connectivity index (χ0n) is 12.0. The van der Waals surface area contributed by atoms with Gasteiger partial charge in [-0.15, -0.1) is 0 Å². The number of H-pyrrole nitrogens is 1. The molecule has 0 spiro atoms. The molecule has 0 fully saturated rings. The topological polar surface area (TPSA) is 79.1 Å². The fraction of sp³-hybridized carbons (Fsp3) is 0.176. The summed E-state index contributed by atoms with van der Waals surface area (Å²) in [6.45, 7) is 0.199. The van der Waals surface area contributed by atoms with Crippen LogP contribution in [-0.4, -0.2) is 21.9 Å². The molecule has 112 valence electrons. The van der Waals surface area contributed by atoms with Gasteiger partial charge in [-0.05, 0) is 29.5 Å². The quantitative estimate of drug-likeness (QED) is 0.758. The number of hydrogen-bond acceptors (Lipinski definition) is 4. The van der Waals surface area contributed by atoms with Crippen LogP contribution in [0, 0.1) is 0 Å². The zero-order valence-corrected chi connectivity index (χ0v) is 12.0. The summed E-state index contributed by atoms with van der Waals surface area (Å²) in [5.41, 5.74) is 4.01. The van der Waals surface area contributed by atoms with Crippen LogP contribution in [0.3, 0.4) is 0 Å². The number of aromatic amines is 1. The Morgan fingerprint density at radius 2 is 1.77 bits per heavy atom. The van der Waals surface area contributed by atoms with Crippen molar-refractivity contribution in [2.75, 3.05) is 6.61 Å². The summed E-state index contributed by atoms with van der Waals surface area (Å²) >= 11 is 0. The Labute approximate surface area is 127 Å². The second-order valence-corrected chi connectivity index (χ2v) is 5.01. The first kappa shape index (κ1) is 14.3. The number of rotatable bonds is 5. The molecule has 0 aliphatic heterocycles. The van der Waals surface area contributed by atoms with Crippen LogP contribution in [0.4, 0.5) is 0 Å². The van der Waals surface area contributed by atoms with Crippen LogP contribution < -0.4 is 5.76 Å². The summed E-state index contributed by atoms with van der Waals surface area (Å²) in [5, 5.41) is 12.6. The summed E-state index contributed by atoms with van der Waals surface area (Å²) < 4.78 is 4.59. The highest BCUT2D eigenvalue weighted by atomic mass is 16.5. The molecule has 0 amide bonds. The molecular formula is C17H16N2O3. The van der Waals surface area contributed by atoms with E-state index in [0.29, 0.717) is 5.82 Å².